The average molecular weight is 377 g/mol. The Labute approximate surface area is 156 Å². The molecular formula is C17H20N4O2S2. The van der Waals surface area contributed by atoms with Gasteiger partial charge in [0.1, 0.15) is 15.7 Å². The second-order valence-electron chi connectivity index (χ2n) is 6.09. The van der Waals surface area contributed by atoms with Crippen LogP contribution in [-0.4, -0.2) is 52.9 Å². The minimum Gasteiger partial charge on any atom is -0.360 e. The van der Waals surface area contributed by atoms with Gasteiger partial charge in [0.15, 0.2) is 0 Å². The molecule has 1 aliphatic heterocycles. The maximum atomic E-state index is 11.2. The first-order valence-corrected chi connectivity index (χ1v) is 9.27. The molecule has 0 bridgehead atoms. The molecule has 0 radical (unpaired) electrons. The largest absolute Gasteiger partial charge is 0.360 e. The van der Waals surface area contributed by atoms with E-state index in [2.05, 4.69) is 28.2 Å². The number of thiocarbonyl (C=S) groups is 1. The summed E-state index contributed by atoms with van der Waals surface area (Å²) in [7, 11) is 2.11. The normalized spacial score (nSPS) is 15.2. The van der Waals surface area contributed by atoms with E-state index in [1.807, 2.05) is 6.92 Å². The third-order valence-electron chi connectivity index (χ3n) is 4.23. The highest BCUT2D eigenvalue weighted by molar-refractivity contribution is 7.80. The Morgan fingerprint density at radius 2 is 1.96 bits per heavy atom. The van der Waals surface area contributed by atoms with Crippen molar-refractivity contribution in [3.05, 3.63) is 50.9 Å². The Hall–Kier alpha value is -2.03. The standard InChI is InChI=1S/C17H20N4O2S2/c1-12-11-13(17(24)20-9-7-19(2)8-10-20)16(25-12)18-14-5-3-4-6-15(14)21(22)23/h3-6,11,18H,7-10H2,1-2H3. The van der Waals surface area contributed by atoms with Crippen molar-refractivity contribution in [2.75, 3.05) is 38.5 Å². The van der Waals surface area contributed by atoms with Crippen molar-refractivity contribution in [1.82, 2.24) is 9.80 Å². The molecule has 0 spiro atoms. The van der Waals surface area contributed by atoms with Crippen molar-refractivity contribution < 1.29 is 4.92 Å². The van der Waals surface area contributed by atoms with Gasteiger partial charge in [0.2, 0.25) is 0 Å². The quantitative estimate of drug-likeness (QED) is 0.499. The Kier molecular flexibility index (Phi) is 5.31. The van der Waals surface area contributed by atoms with Gasteiger partial charge in [-0.15, -0.1) is 11.3 Å². The molecule has 1 aromatic heterocycles. The fourth-order valence-corrected chi connectivity index (χ4v) is 4.14. The van der Waals surface area contributed by atoms with Gasteiger partial charge < -0.3 is 15.1 Å². The van der Waals surface area contributed by atoms with E-state index in [1.165, 1.54) is 6.07 Å². The maximum absolute atomic E-state index is 11.2. The van der Waals surface area contributed by atoms with Crippen LogP contribution in [0.25, 0.3) is 0 Å². The van der Waals surface area contributed by atoms with E-state index in [9.17, 15) is 10.1 Å². The number of likely N-dealkylation sites (N-methyl/N-ethyl adjacent to an activating group) is 1. The lowest BCUT2D eigenvalue weighted by Crippen LogP contribution is -2.46. The van der Waals surface area contributed by atoms with Crippen LogP contribution in [0.1, 0.15) is 10.4 Å². The second kappa shape index (κ2) is 7.47. The minimum absolute atomic E-state index is 0.0602. The molecule has 0 aliphatic carbocycles. The van der Waals surface area contributed by atoms with Crippen molar-refractivity contribution in [1.29, 1.82) is 0 Å². The Morgan fingerprint density at radius 3 is 2.64 bits per heavy atom. The maximum Gasteiger partial charge on any atom is 0.292 e. The lowest BCUT2D eigenvalue weighted by molar-refractivity contribution is -0.383. The van der Waals surface area contributed by atoms with Crippen molar-refractivity contribution in [3.8, 4) is 0 Å². The van der Waals surface area contributed by atoms with Crippen LogP contribution in [0, 0.1) is 17.0 Å². The van der Waals surface area contributed by atoms with E-state index < -0.39 is 0 Å². The molecule has 1 aliphatic rings. The third-order valence-corrected chi connectivity index (χ3v) is 5.67. The lowest BCUT2D eigenvalue weighted by Gasteiger charge is -2.34. The summed E-state index contributed by atoms with van der Waals surface area (Å²) in [6, 6.07) is 8.73. The highest BCUT2D eigenvalue weighted by Gasteiger charge is 2.22. The molecule has 25 heavy (non-hydrogen) atoms. The molecule has 0 atom stereocenters. The smallest absolute Gasteiger partial charge is 0.292 e. The molecule has 2 aromatic rings. The summed E-state index contributed by atoms with van der Waals surface area (Å²) in [6.07, 6.45) is 0. The van der Waals surface area contributed by atoms with Crippen LogP contribution < -0.4 is 5.32 Å². The Morgan fingerprint density at radius 1 is 1.28 bits per heavy atom. The molecular weight excluding hydrogens is 356 g/mol. The fourth-order valence-electron chi connectivity index (χ4n) is 2.81. The highest BCUT2D eigenvalue weighted by Crippen LogP contribution is 2.35. The zero-order valence-corrected chi connectivity index (χ0v) is 15.8. The fraction of sp³-hybridized carbons (Fsp3) is 0.353. The monoisotopic (exact) mass is 376 g/mol. The van der Waals surface area contributed by atoms with E-state index in [0.717, 1.165) is 46.6 Å². The van der Waals surface area contributed by atoms with Crippen LogP contribution in [0.5, 0.6) is 0 Å². The number of para-hydroxylation sites is 2. The number of thiophene rings is 1. The van der Waals surface area contributed by atoms with Gasteiger partial charge in [0.25, 0.3) is 5.69 Å². The summed E-state index contributed by atoms with van der Waals surface area (Å²) < 4.78 is 0. The van der Waals surface area contributed by atoms with Gasteiger partial charge in [0.05, 0.1) is 4.92 Å². The Bertz CT molecular complexity index is 798. The second-order valence-corrected chi connectivity index (χ2v) is 7.74. The van der Waals surface area contributed by atoms with Crippen molar-refractivity contribution >= 4 is 44.9 Å². The number of nitro groups is 1. The van der Waals surface area contributed by atoms with Gasteiger partial charge in [-0.1, -0.05) is 24.4 Å². The molecule has 6 nitrogen and oxygen atoms in total. The predicted octanol–water partition coefficient (Wildman–Crippen LogP) is 3.63. The molecule has 0 amide bonds. The number of hydrogen-bond donors (Lipinski definition) is 1. The van der Waals surface area contributed by atoms with Gasteiger partial charge in [0, 0.05) is 42.7 Å². The van der Waals surface area contributed by atoms with E-state index in [1.54, 1.807) is 29.5 Å². The van der Waals surface area contributed by atoms with Crippen LogP contribution >= 0.6 is 23.6 Å². The molecule has 1 N–H and O–H groups in total. The van der Waals surface area contributed by atoms with Gasteiger partial charge in [-0.3, -0.25) is 10.1 Å². The summed E-state index contributed by atoms with van der Waals surface area (Å²) in [5.41, 5.74) is 1.49. The number of benzene rings is 1. The third kappa shape index (κ3) is 3.97. The number of aryl methyl sites for hydroxylation is 1. The summed E-state index contributed by atoms with van der Waals surface area (Å²) >= 11 is 7.28. The minimum atomic E-state index is -0.374. The molecule has 8 heteroatoms. The lowest BCUT2D eigenvalue weighted by atomic mass is 10.2. The molecule has 1 aromatic carbocycles. The highest BCUT2D eigenvalue weighted by atomic mass is 32.1. The van der Waals surface area contributed by atoms with Gasteiger partial charge >= 0.3 is 0 Å². The van der Waals surface area contributed by atoms with Crippen molar-refractivity contribution in [2.45, 2.75) is 6.92 Å². The zero-order valence-electron chi connectivity index (χ0n) is 14.2. The van der Waals surface area contributed by atoms with E-state index >= 15 is 0 Å². The average Bonchev–Trinajstić information content (AvgIpc) is 2.95. The number of anilines is 2. The van der Waals surface area contributed by atoms with Crippen LogP contribution in [0.15, 0.2) is 30.3 Å². The molecule has 132 valence electrons. The summed E-state index contributed by atoms with van der Waals surface area (Å²) in [5.74, 6) is 0. The zero-order chi connectivity index (χ0) is 18.0. The van der Waals surface area contributed by atoms with E-state index in [4.69, 9.17) is 12.2 Å². The molecule has 0 unspecified atom stereocenters. The summed E-state index contributed by atoms with van der Waals surface area (Å²) in [5, 5.41) is 15.3. The van der Waals surface area contributed by atoms with E-state index in [-0.39, 0.29) is 10.6 Å². The predicted molar refractivity (Wildman–Crippen MR) is 106 cm³/mol. The number of nitrogens with zero attached hydrogens (tertiary/aromatic N) is 3. The number of nitro benzene ring substituents is 1. The van der Waals surface area contributed by atoms with Crippen LogP contribution in [0.4, 0.5) is 16.4 Å². The van der Waals surface area contributed by atoms with Gasteiger partial charge in [-0.05, 0) is 26.1 Å². The molecule has 2 heterocycles. The van der Waals surface area contributed by atoms with Crippen LogP contribution in [-0.2, 0) is 0 Å². The topological polar surface area (TPSA) is 61.6 Å². The molecule has 0 saturated carbocycles. The first-order valence-electron chi connectivity index (χ1n) is 8.04. The van der Waals surface area contributed by atoms with Crippen LogP contribution in [0.3, 0.4) is 0 Å². The SMILES string of the molecule is Cc1cc(C(=S)N2CCN(C)CC2)c(Nc2ccccc2[N+](=O)[O-])s1. The van der Waals surface area contributed by atoms with Crippen molar-refractivity contribution in [3.63, 3.8) is 0 Å². The first-order chi connectivity index (χ1) is 12.0. The number of nitrogens with one attached hydrogen (secondary N) is 1. The summed E-state index contributed by atoms with van der Waals surface area (Å²) in [4.78, 5) is 17.3. The first kappa shape index (κ1) is 17.8. The Balaban J connectivity index is 1.87. The van der Waals surface area contributed by atoms with Crippen molar-refractivity contribution in [2.24, 2.45) is 0 Å². The number of piperazine rings is 1. The number of hydrogen-bond acceptors (Lipinski definition) is 6. The van der Waals surface area contributed by atoms with Gasteiger partial charge in [-0.25, -0.2) is 0 Å². The van der Waals surface area contributed by atoms with Crippen LogP contribution in [0.2, 0.25) is 0 Å². The van der Waals surface area contributed by atoms with Gasteiger partial charge in [-0.2, -0.15) is 0 Å². The molecule has 1 saturated heterocycles. The molecule has 3 rings (SSSR count). The number of rotatable bonds is 4. The summed E-state index contributed by atoms with van der Waals surface area (Å²) in [6.45, 7) is 5.78. The molecule has 1 fully saturated rings. The van der Waals surface area contributed by atoms with E-state index in [0.29, 0.717) is 5.69 Å².